The Bertz CT molecular complexity index is 804. The highest BCUT2D eigenvalue weighted by Crippen LogP contribution is 2.37. The van der Waals surface area contributed by atoms with Gasteiger partial charge in [0.1, 0.15) is 6.23 Å². The summed E-state index contributed by atoms with van der Waals surface area (Å²) < 4.78 is 31.5. The molecule has 2 atom stereocenters. The van der Waals surface area contributed by atoms with Crippen molar-refractivity contribution >= 4 is 24.6 Å². The molecular weight excluding hydrogens is 328 g/mol. The number of rotatable bonds is 4. The summed E-state index contributed by atoms with van der Waals surface area (Å²) in [4.78, 5) is 28.7. The van der Waals surface area contributed by atoms with Crippen LogP contribution >= 0.6 is 7.60 Å². The van der Waals surface area contributed by atoms with Crippen LogP contribution < -0.4 is 5.73 Å². The van der Waals surface area contributed by atoms with E-state index >= 15 is 0 Å². The predicted octanol–water partition coefficient (Wildman–Crippen LogP) is 1.31. The van der Waals surface area contributed by atoms with Crippen LogP contribution in [-0.4, -0.2) is 35.4 Å². The van der Waals surface area contributed by atoms with Gasteiger partial charge in [-0.05, 0) is 19.3 Å². The van der Waals surface area contributed by atoms with Crippen molar-refractivity contribution in [1.82, 2.24) is 19.5 Å². The fourth-order valence-corrected chi connectivity index (χ4v) is 2.93. The first kappa shape index (κ1) is 16.0. The Hall–Kier alpha value is -1.87. The lowest BCUT2D eigenvalue weighted by molar-refractivity contribution is 0.00588. The van der Waals surface area contributed by atoms with E-state index < -0.39 is 13.7 Å². The highest BCUT2D eigenvalue weighted by Gasteiger charge is 2.28. The van der Waals surface area contributed by atoms with Crippen LogP contribution in [0.1, 0.15) is 25.5 Å². The van der Waals surface area contributed by atoms with Crippen LogP contribution in [0.4, 0.5) is 10.2 Å². The lowest BCUT2D eigenvalue weighted by Crippen LogP contribution is -2.11. The van der Waals surface area contributed by atoms with Crippen LogP contribution in [-0.2, 0) is 9.30 Å². The van der Waals surface area contributed by atoms with E-state index in [4.69, 9.17) is 20.3 Å². The molecule has 0 amide bonds. The maximum atomic E-state index is 13.3. The van der Waals surface area contributed by atoms with Crippen LogP contribution in [0.15, 0.2) is 18.2 Å². The topological polar surface area (TPSA) is 136 Å². The van der Waals surface area contributed by atoms with Crippen molar-refractivity contribution in [3.8, 4) is 0 Å². The van der Waals surface area contributed by atoms with Crippen LogP contribution in [0, 0.1) is 6.08 Å². The minimum atomic E-state index is -4.15. The van der Waals surface area contributed by atoms with Crippen molar-refractivity contribution in [2.45, 2.75) is 31.6 Å². The van der Waals surface area contributed by atoms with E-state index in [1.807, 2.05) is 0 Å². The van der Waals surface area contributed by atoms with Crippen molar-refractivity contribution in [1.29, 1.82) is 0 Å². The molecule has 3 heterocycles. The predicted molar refractivity (Wildman–Crippen MR) is 78.6 cm³/mol. The molecule has 124 valence electrons. The molecule has 1 aliphatic rings. The van der Waals surface area contributed by atoms with Crippen molar-refractivity contribution in [3.63, 3.8) is 0 Å². The summed E-state index contributed by atoms with van der Waals surface area (Å²) in [6, 6.07) is 0. The Morgan fingerprint density at radius 2 is 2.26 bits per heavy atom. The molecule has 0 radical (unpaired) electrons. The summed E-state index contributed by atoms with van der Waals surface area (Å²) in [5, 5.41) is 0. The molecule has 0 unspecified atom stereocenters. The fraction of sp³-hybridized carbons (Fsp3) is 0.417. The first-order valence-electron chi connectivity index (χ1n) is 6.87. The average molecular weight is 343 g/mol. The molecule has 1 saturated heterocycles. The van der Waals surface area contributed by atoms with E-state index in [0.29, 0.717) is 24.8 Å². The number of nitrogen functional groups attached to an aromatic ring is 1. The normalized spacial score (nSPS) is 22.4. The number of fused-ring (bicyclic) bond motifs is 1. The maximum Gasteiger partial charge on any atom is 0.348 e. The van der Waals surface area contributed by atoms with E-state index in [1.165, 1.54) is 12.4 Å². The third kappa shape index (κ3) is 3.56. The molecule has 1 aliphatic heterocycles. The molecule has 23 heavy (non-hydrogen) atoms. The highest BCUT2D eigenvalue weighted by molar-refractivity contribution is 7.55. The minimum absolute atomic E-state index is 0.0367. The molecule has 0 bridgehead atoms. The van der Waals surface area contributed by atoms with Crippen LogP contribution in [0.5, 0.6) is 0 Å². The van der Waals surface area contributed by atoms with E-state index in [1.54, 1.807) is 4.57 Å². The molecule has 11 heteroatoms. The number of halogens is 1. The quantitative estimate of drug-likeness (QED) is 0.558. The highest BCUT2D eigenvalue weighted by atomic mass is 31.2. The van der Waals surface area contributed by atoms with Gasteiger partial charge < -0.3 is 20.3 Å². The second kappa shape index (κ2) is 5.97. The van der Waals surface area contributed by atoms with E-state index in [2.05, 4.69) is 15.0 Å². The Morgan fingerprint density at radius 1 is 1.48 bits per heavy atom. The number of hydrogen-bond acceptors (Lipinski definition) is 6. The standard InChI is InChI=1S/C12H15FN5O4P/c13-12-16-10(14)9-11(17-12)18(6-15-9)8-4-3-7(22-8)2-1-5-23(19,20)21/h1,5-8H,2-4H2,(H2,14,16,17)(H2,19,20,21)/b5-1+/t7-,8-/m1/s1. The molecule has 0 saturated carbocycles. The van der Waals surface area contributed by atoms with Gasteiger partial charge >= 0.3 is 13.7 Å². The van der Waals surface area contributed by atoms with Gasteiger partial charge in [-0.2, -0.15) is 14.4 Å². The maximum absolute atomic E-state index is 13.3. The monoisotopic (exact) mass is 343 g/mol. The van der Waals surface area contributed by atoms with E-state index in [0.717, 1.165) is 5.82 Å². The van der Waals surface area contributed by atoms with E-state index in [-0.39, 0.29) is 23.8 Å². The Balaban J connectivity index is 1.75. The van der Waals surface area contributed by atoms with Gasteiger partial charge in [0.05, 0.1) is 12.4 Å². The fourth-order valence-electron chi connectivity index (χ4n) is 2.54. The number of aromatic nitrogens is 4. The van der Waals surface area contributed by atoms with Crippen LogP contribution in [0.2, 0.25) is 0 Å². The summed E-state index contributed by atoms with van der Waals surface area (Å²) in [7, 11) is -4.15. The zero-order valence-electron chi connectivity index (χ0n) is 11.9. The van der Waals surface area contributed by atoms with Gasteiger partial charge in [0.25, 0.3) is 0 Å². The number of imidazole rings is 1. The molecule has 0 aromatic carbocycles. The van der Waals surface area contributed by atoms with Crippen molar-refractivity contribution < 1.29 is 23.5 Å². The number of hydrogen-bond donors (Lipinski definition) is 3. The summed E-state index contributed by atoms with van der Waals surface area (Å²) in [6.45, 7) is 0. The third-order valence-electron chi connectivity index (χ3n) is 3.52. The number of anilines is 1. The zero-order chi connectivity index (χ0) is 16.6. The Labute approximate surface area is 130 Å². The molecule has 4 N–H and O–H groups in total. The second-order valence-electron chi connectivity index (χ2n) is 5.20. The number of nitrogens with zero attached hydrogens (tertiary/aromatic N) is 4. The summed E-state index contributed by atoms with van der Waals surface area (Å²) in [5.41, 5.74) is 6.17. The third-order valence-corrected chi connectivity index (χ3v) is 4.11. The van der Waals surface area contributed by atoms with Gasteiger partial charge in [-0.1, -0.05) is 6.08 Å². The van der Waals surface area contributed by atoms with Gasteiger partial charge in [0, 0.05) is 5.82 Å². The molecular formula is C12H15FN5O4P. The van der Waals surface area contributed by atoms with Crippen molar-refractivity contribution in [2.24, 2.45) is 0 Å². The van der Waals surface area contributed by atoms with Gasteiger partial charge in [-0.15, -0.1) is 0 Å². The second-order valence-corrected chi connectivity index (χ2v) is 6.68. The van der Waals surface area contributed by atoms with Gasteiger partial charge in [0.15, 0.2) is 17.0 Å². The smallest absolute Gasteiger partial charge is 0.348 e. The van der Waals surface area contributed by atoms with E-state index in [9.17, 15) is 8.96 Å². The summed E-state index contributed by atoms with van der Waals surface area (Å²) >= 11 is 0. The molecule has 1 fully saturated rings. The molecule has 0 spiro atoms. The number of ether oxygens (including phenoxy) is 1. The Morgan fingerprint density at radius 3 is 3.00 bits per heavy atom. The van der Waals surface area contributed by atoms with Gasteiger partial charge in [0.2, 0.25) is 0 Å². The van der Waals surface area contributed by atoms with Gasteiger partial charge in [-0.25, -0.2) is 4.98 Å². The van der Waals surface area contributed by atoms with Crippen molar-refractivity contribution in [2.75, 3.05) is 5.73 Å². The summed E-state index contributed by atoms with van der Waals surface area (Å²) in [6.07, 6.45) is 3.07. The SMILES string of the molecule is Nc1nc(F)nc2c1ncn2[C@H]1CC[C@@H](C/C=C/P(=O)(O)O)O1. The molecule has 2 aromatic rings. The minimum Gasteiger partial charge on any atom is -0.382 e. The molecule has 2 aromatic heterocycles. The van der Waals surface area contributed by atoms with Crippen molar-refractivity contribution in [3.05, 3.63) is 24.3 Å². The lowest BCUT2D eigenvalue weighted by atomic mass is 10.2. The van der Waals surface area contributed by atoms with Crippen LogP contribution in [0.3, 0.4) is 0 Å². The molecule has 3 rings (SSSR count). The largest absolute Gasteiger partial charge is 0.382 e. The number of nitrogens with two attached hydrogens (primary N) is 1. The zero-order valence-corrected chi connectivity index (χ0v) is 12.8. The average Bonchev–Trinajstić information content (AvgIpc) is 3.03. The van der Waals surface area contributed by atoms with Gasteiger partial charge in [-0.3, -0.25) is 9.13 Å². The molecule has 9 nitrogen and oxygen atoms in total. The first-order valence-corrected chi connectivity index (χ1v) is 8.55. The molecule has 0 aliphatic carbocycles. The van der Waals surface area contributed by atoms with Crippen LogP contribution in [0.25, 0.3) is 11.2 Å². The first-order chi connectivity index (χ1) is 10.8. The lowest BCUT2D eigenvalue weighted by Gasteiger charge is -2.14. The Kier molecular flexibility index (Phi) is 4.15. The summed E-state index contributed by atoms with van der Waals surface area (Å²) in [5.74, 6) is 0.824.